The number of aromatic nitrogens is 1. The van der Waals surface area contributed by atoms with E-state index < -0.39 is 12.1 Å². The third kappa shape index (κ3) is 5.63. The van der Waals surface area contributed by atoms with E-state index in [2.05, 4.69) is 15.6 Å². The number of carboxylic acid groups (broad SMARTS) is 1. The second-order valence-electron chi connectivity index (χ2n) is 5.79. The van der Waals surface area contributed by atoms with Crippen molar-refractivity contribution in [2.24, 2.45) is 5.92 Å². The number of amides is 1. The van der Waals surface area contributed by atoms with E-state index in [4.69, 9.17) is 21.5 Å². The van der Waals surface area contributed by atoms with Crippen LogP contribution in [0.4, 0.5) is 13.2 Å². The number of carbonyl (C=O) groups is 2. The summed E-state index contributed by atoms with van der Waals surface area (Å²) in [5, 5.41) is 15.0. The van der Waals surface area contributed by atoms with E-state index in [1.807, 2.05) is 24.3 Å². The lowest BCUT2D eigenvalue weighted by Crippen LogP contribution is -2.30. The largest absolute Gasteiger partial charge is 0.490 e. The molecule has 3 rings (SSSR count). The molecule has 142 valence electrons. The van der Waals surface area contributed by atoms with Gasteiger partial charge in [0, 0.05) is 22.5 Å². The average molecular weight is 392 g/mol. The maximum absolute atomic E-state index is 12.1. The highest BCUT2D eigenvalue weighted by atomic mass is 35.5. The molecule has 2 heterocycles. The summed E-state index contributed by atoms with van der Waals surface area (Å²) in [6.45, 7) is 2.76. The third-order valence-electron chi connectivity index (χ3n) is 3.78. The lowest BCUT2D eigenvalue weighted by atomic mass is 10.1. The number of H-pyrrole nitrogens is 1. The highest BCUT2D eigenvalue weighted by Gasteiger charge is 2.38. The Morgan fingerprint density at radius 2 is 2.00 bits per heavy atom. The minimum Gasteiger partial charge on any atom is -0.475 e. The predicted octanol–water partition coefficient (Wildman–Crippen LogP) is 2.79. The van der Waals surface area contributed by atoms with Gasteiger partial charge in [0.1, 0.15) is 5.69 Å². The number of hydrogen-bond acceptors (Lipinski definition) is 3. The lowest BCUT2D eigenvalue weighted by Gasteiger charge is -2.08. The number of carboxylic acids is 1. The van der Waals surface area contributed by atoms with Crippen LogP contribution in [0.15, 0.2) is 24.3 Å². The summed E-state index contributed by atoms with van der Waals surface area (Å²) in [6, 6.07) is 7.39. The van der Waals surface area contributed by atoms with Gasteiger partial charge in [-0.3, -0.25) is 4.79 Å². The zero-order valence-corrected chi connectivity index (χ0v) is 14.2. The van der Waals surface area contributed by atoms with E-state index in [-0.39, 0.29) is 5.91 Å². The molecule has 0 unspecified atom stereocenters. The van der Waals surface area contributed by atoms with Crippen molar-refractivity contribution in [1.29, 1.82) is 0 Å². The number of nitrogens with one attached hydrogen (secondary N) is 3. The van der Waals surface area contributed by atoms with Crippen LogP contribution < -0.4 is 10.6 Å². The van der Waals surface area contributed by atoms with E-state index >= 15 is 0 Å². The number of benzene rings is 1. The van der Waals surface area contributed by atoms with Crippen LogP contribution in [0.3, 0.4) is 0 Å². The molecule has 1 aliphatic rings. The van der Waals surface area contributed by atoms with Gasteiger partial charge in [-0.15, -0.1) is 0 Å². The van der Waals surface area contributed by atoms with Crippen molar-refractivity contribution in [3.8, 4) is 0 Å². The maximum Gasteiger partial charge on any atom is 0.490 e. The molecule has 0 bridgehead atoms. The van der Waals surface area contributed by atoms with Gasteiger partial charge in [-0.1, -0.05) is 11.6 Å². The fourth-order valence-electron chi connectivity index (χ4n) is 2.45. The number of alkyl halides is 3. The van der Waals surface area contributed by atoms with Crippen molar-refractivity contribution in [1.82, 2.24) is 15.6 Å². The van der Waals surface area contributed by atoms with E-state index in [1.54, 1.807) is 0 Å². The van der Waals surface area contributed by atoms with Gasteiger partial charge in [0.2, 0.25) is 0 Å². The van der Waals surface area contributed by atoms with E-state index in [9.17, 15) is 18.0 Å². The highest BCUT2D eigenvalue weighted by molar-refractivity contribution is 6.31. The van der Waals surface area contributed by atoms with Crippen molar-refractivity contribution in [2.45, 2.75) is 12.6 Å². The molecule has 26 heavy (non-hydrogen) atoms. The van der Waals surface area contributed by atoms with Crippen molar-refractivity contribution >= 4 is 34.4 Å². The van der Waals surface area contributed by atoms with Crippen LogP contribution in [0, 0.1) is 5.92 Å². The first-order chi connectivity index (χ1) is 12.2. The topological polar surface area (TPSA) is 94.2 Å². The summed E-state index contributed by atoms with van der Waals surface area (Å²) >= 11 is 5.93. The molecule has 1 fully saturated rings. The molecule has 1 saturated heterocycles. The summed E-state index contributed by atoms with van der Waals surface area (Å²) in [5.41, 5.74) is 1.51. The summed E-state index contributed by atoms with van der Waals surface area (Å²) < 4.78 is 31.7. The summed E-state index contributed by atoms with van der Waals surface area (Å²) in [7, 11) is 0. The van der Waals surface area contributed by atoms with E-state index in [1.165, 1.54) is 0 Å². The summed E-state index contributed by atoms with van der Waals surface area (Å²) in [4.78, 5) is 24.1. The monoisotopic (exact) mass is 391 g/mol. The Labute approximate surface area is 151 Å². The number of hydrogen-bond donors (Lipinski definition) is 4. The molecule has 6 nitrogen and oxygen atoms in total. The average Bonchev–Trinajstić information content (AvgIpc) is 3.21. The molecular formula is C16H17ClF3N3O3. The van der Waals surface area contributed by atoms with Gasteiger partial charge >= 0.3 is 12.1 Å². The second kappa shape index (κ2) is 8.41. The molecule has 0 saturated carbocycles. The van der Waals surface area contributed by atoms with E-state index in [0.29, 0.717) is 16.6 Å². The third-order valence-corrected chi connectivity index (χ3v) is 4.02. The zero-order valence-electron chi connectivity index (χ0n) is 13.5. The quantitative estimate of drug-likeness (QED) is 0.647. The van der Waals surface area contributed by atoms with Gasteiger partial charge < -0.3 is 20.7 Å². The number of fused-ring (bicyclic) bond motifs is 1. The number of aromatic amines is 1. The standard InChI is InChI=1S/C14H16ClN3O.C2HF3O2/c15-11-1-2-12-10(5-11)6-13(18-12)14(19)17-8-9-3-4-16-7-9;3-2(4,5)1(6)7/h1-2,5-6,9,16,18H,3-4,7-8H2,(H,17,19);(H,6,7)/t9-;/m0./s1. The van der Waals surface area contributed by atoms with Gasteiger partial charge in [0.05, 0.1) is 0 Å². The molecule has 1 aromatic carbocycles. The lowest BCUT2D eigenvalue weighted by molar-refractivity contribution is -0.192. The van der Waals surface area contributed by atoms with Crippen LogP contribution >= 0.6 is 11.6 Å². The number of rotatable bonds is 3. The fraction of sp³-hybridized carbons (Fsp3) is 0.375. The van der Waals surface area contributed by atoms with Crippen molar-refractivity contribution in [3.63, 3.8) is 0 Å². The van der Waals surface area contributed by atoms with Crippen molar-refractivity contribution in [2.75, 3.05) is 19.6 Å². The van der Waals surface area contributed by atoms with Gasteiger partial charge in [-0.25, -0.2) is 4.79 Å². The predicted molar refractivity (Wildman–Crippen MR) is 90.3 cm³/mol. The fourth-order valence-corrected chi connectivity index (χ4v) is 2.63. The smallest absolute Gasteiger partial charge is 0.475 e. The first-order valence-electron chi connectivity index (χ1n) is 7.74. The van der Waals surface area contributed by atoms with Crippen molar-refractivity contribution in [3.05, 3.63) is 35.0 Å². The van der Waals surface area contributed by atoms with Gasteiger partial charge in [0.15, 0.2) is 0 Å². The first kappa shape index (κ1) is 20.1. The van der Waals surface area contributed by atoms with Crippen LogP contribution in [-0.2, 0) is 4.79 Å². The highest BCUT2D eigenvalue weighted by Crippen LogP contribution is 2.20. The Bertz CT molecular complexity index is 786. The van der Waals surface area contributed by atoms with Crippen LogP contribution in [0.5, 0.6) is 0 Å². The van der Waals surface area contributed by atoms with E-state index in [0.717, 1.165) is 37.0 Å². The molecule has 10 heteroatoms. The van der Waals surface area contributed by atoms with Crippen LogP contribution in [0.2, 0.25) is 5.02 Å². The first-order valence-corrected chi connectivity index (χ1v) is 8.12. The van der Waals surface area contributed by atoms with Crippen LogP contribution in [0.1, 0.15) is 16.9 Å². The molecule has 4 N–H and O–H groups in total. The Kier molecular flexibility index (Phi) is 6.49. The Balaban J connectivity index is 0.000000298. The molecule has 1 aliphatic heterocycles. The Morgan fingerprint density at radius 1 is 1.31 bits per heavy atom. The molecule has 0 radical (unpaired) electrons. The molecule has 1 atom stereocenters. The molecule has 1 aromatic heterocycles. The van der Waals surface area contributed by atoms with Crippen LogP contribution in [0.25, 0.3) is 10.9 Å². The summed E-state index contributed by atoms with van der Waals surface area (Å²) in [5.74, 6) is -2.27. The van der Waals surface area contributed by atoms with Gasteiger partial charge in [0.25, 0.3) is 5.91 Å². The SMILES string of the molecule is O=C(NC[C@H]1CCNC1)c1cc2cc(Cl)ccc2[nH]1.O=C(O)C(F)(F)F. The molecule has 2 aromatic rings. The molecule has 0 spiro atoms. The number of carbonyl (C=O) groups excluding carboxylic acids is 1. The Hall–Kier alpha value is -2.26. The number of halogens is 4. The minimum absolute atomic E-state index is 0.0563. The zero-order chi connectivity index (χ0) is 19.3. The van der Waals surface area contributed by atoms with Gasteiger partial charge in [-0.2, -0.15) is 13.2 Å². The summed E-state index contributed by atoms with van der Waals surface area (Å²) in [6.07, 6.45) is -3.96. The maximum atomic E-state index is 12.1. The van der Waals surface area contributed by atoms with Crippen LogP contribution in [-0.4, -0.2) is 47.8 Å². The number of aliphatic carboxylic acids is 1. The molecule has 1 amide bonds. The Morgan fingerprint density at radius 3 is 2.58 bits per heavy atom. The normalized spacial score (nSPS) is 16.8. The molecule has 0 aliphatic carbocycles. The molecular weight excluding hydrogens is 375 g/mol. The second-order valence-corrected chi connectivity index (χ2v) is 6.22. The van der Waals surface area contributed by atoms with Crippen molar-refractivity contribution < 1.29 is 27.9 Å². The van der Waals surface area contributed by atoms with Gasteiger partial charge in [-0.05, 0) is 49.7 Å². The minimum atomic E-state index is -5.08.